The molecular weight excluding hydrogens is 468 g/mol. The number of benzene rings is 3. The van der Waals surface area contributed by atoms with E-state index in [0.717, 1.165) is 10.0 Å². The van der Waals surface area contributed by atoms with Crippen molar-refractivity contribution >= 4 is 43.2 Å². The second kappa shape index (κ2) is 9.32. The summed E-state index contributed by atoms with van der Waals surface area (Å²) in [7, 11) is -3.73. The topological polar surface area (TPSA) is 84.5 Å². The van der Waals surface area contributed by atoms with E-state index in [4.69, 9.17) is 4.74 Å². The van der Waals surface area contributed by atoms with Gasteiger partial charge in [-0.3, -0.25) is 9.52 Å². The van der Waals surface area contributed by atoms with Crippen LogP contribution in [0, 0.1) is 13.8 Å². The van der Waals surface area contributed by atoms with Crippen molar-refractivity contribution < 1.29 is 17.9 Å². The molecule has 0 radical (unpaired) electrons. The molecule has 0 saturated carbocycles. The molecule has 1 amide bonds. The first-order valence-corrected chi connectivity index (χ1v) is 11.4. The van der Waals surface area contributed by atoms with Gasteiger partial charge < -0.3 is 10.1 Å². The maximum Gasteiger partial charge on any atom is 0.262 e. The Morgan fingerprint density at radius 3 is 2.20 bits per heavy atom. The standard InChI is InChI=1S/C22H21BrN2O4S/c1-15-3-7-19(8-4-15)25-30(27,28)20-11-12-21(16(2)13-20)29-14-22(26)24-18-9-5-17(23)6-10-18/h3-13,25H,14H2,1-2H3,(H,24,26). The van der Waals surface area contributed by atoms with Crippen molar-refractivity contribution in [3.63, 3.8) is 0 Å². The molecule has 0 fully saturated rings. The Bertz CT molecular complexity index is 1140. The largest absolute Gasteiger partial charge is 0.483 e. The maximum atomic E-state index is 12.6. The molecule has 8 heteroatoms. The van der Waals surface area contributed by atoms with Gasteiger partial charge in [0, 0.05) is 15.8 Å². The second-order valence-corrected chi connectivity index (χ2v) is 9.34. The summed E-state index contributed by atoms with van der Waals surface area (Å²) in [4.78, 5) is 12.2. The number of hydrogen-bond acceptors (Lipinski definition) is 4. The first-order valence-electron chi connectivity index (χ1n) is 9.11. The zero-order valence-corrected chi connectivity index (χ0v) is 18.9. The third-order valence-electron chi connectivity index (χ3n) is 4.25. The van der Waals surface area contributed by atoms with Gasteiger partial charge in [0.2, 0.25) is 0 Å². The minimum absolute atomic E-state index is 0.118. The molecule has 0 spiro atoms. The maximum absolute atomic E-state index is 12.6. The second-order valence-electron chi connectivity index (χ2n) is 6.74. The molecule has 0 aliphatic carbocycles. The molecule has 0 heterocycles. The van der Waals surface area contributed by atoms with Crippen molar-refractivity contribution in [2.24, 2.45) is 0 Å². The first-order chi connectivity index (χ1) is 14.2. The van der Waals surface area contributed by atoms with Gasteiger partial charge >= 0.3 is 0 Å². The lowest BCUT2D eigenvalue weighted by Gasteiger charge is -2.12. The lowest BCUT2D eigenvalue weighted by atomic mass is 10.2. The van der Waals surface area contributed by atoms with Crippen LogP contribution in [-0.4, -0.2) is 20.9 Å². The Kier molecular flexibility index (Phi) is 6.79. The van der Waals surface area contributed by atoms with Gasteiger partial charge in [-0.2, -0.15) is 0 Å². The van der Waals surface area contributed by atoms with Crippen LogP contribution < -0.4 is 14.8 Å². The molecule has 0 aromatic heterocycles. The number of amides is 1. The number of anilines is 2. The third-order valence-corrected chi connectivity index (χ3v) is 6.15. The van der Waals surface area contributed by atoms with Gasteiger partial charge in [-0.05, 0) is 74.0 Å². The van der Waals surface area contributed by atoms with E-state index in [9.17, 15) is 13.2 Å². The molecule has 0 atom stereocenters. The fraction of sp³-hybridized carbons (Fsp3) is 0.136. The number of nitrogens with one attached hydrogen (secondary N) is 2. The van der Waals surface area contributed by atoms with E-state index in [1.165, 1.54) is 12.1 Å². The van der Waals surface area contributed by atoms with Gasteiger partial charge in [-0.15, -0.1) is 0 Å². The van der Waals surface area contributed by atoms with E-state index in [0.29, 0.717) is 22.7 Å². The summed E-state index contributed by atoms with van der Waals surface area (Å²) >= 11 is 3.34. The van der Waals surface area contributed by atoms with Gasteiger partial charge in [0.05, 0.1) is 4.90 Å². The van der Waals surface area contributed by atoms with Crippen LogP contribution in [-0.2, 0) is 14.8 Å². The van der Waals surface area contributed by atoms with Gasteiger partial charge in [-0.25, -0.2) is 8.42 Å². The van der Waals surface area contributed by atoms with Crippen molar-refractivity contribution in [2.75, 3.05) is 16.6 Å². The highest BCUT2D eigenvalue weighted by Gasteiger charge is 2.16. The molecule has 0 saturated heterocycles. The van der Waals surface area contributed by atoms with Gasteiger partial charge in [0.1, 0.15) is 5.75 Å². The summed E-state index contributed by atoms with van der Waals surface area (Å²) in [5.41, 5.74) is 2.80. The lowest BCUT2D eigenvalue weighted by molar-refractivity contribution is -0.118. The molecule has 156 valence electrons. The van der Waals surface area contributed by atoms with E-state index in [1.807, 2.05) is 31.2 Å². The molecule has 0 aliphatic heterocycles. The predicted molar refractivity (Wildman–Crippen MR) is 121 cm³/mol. The van der Waals surface area contributed by atoms with Crippen molar-refractivity contribution in [3.05, 3.63) is 82.3 Å². The summed E-state index contributed by atoms with van der Waals surface area (Å²) in [6, 6.07) is 18.8. The van der Waals surface area contributed by atoms with Crippen LogP contribution in [0.3, 0.4) is 0 Å². The van der Waals surface area contributed by atoms with Gasteiger partial charge in [-0.1, -0.05) is 33.6 Å². The van der Waals surface area contributed by atoms with Crippen molar-refractivity contribution in [3.8, 4) is 5.75 Å². The Morgan fingerprint density at radius 1 is 0.933 bits per heavy atom. The number of aryl methyl sites for hydroxylation is 2. The fourth-order valence-corrected chi connectivity index (χ4v) is 4.07. The zero-order chi connectivity index (χ0) is 21.7. The Hall–Kier alpha value is -2.84. The van der Waals surface area contributed by atoms with Crippen LogP contribution in [0.1, 0.15) is 11.1 Å². The number of carbonyl (C=O) groups excluding carboxylic acids is 1. The summed E-state index contributed by atoms with van der Waals surface area (Å²) in [5.74, 6) is 0.129. The van der Waals surface area contributed by atoms with Crippen LogP contribution in [0.5, 0.6) is 5.75 Å². The Balaban J connectivity index is 1.63. The van der Waals surface area contributed by atoms with Gasteiger partial charge in [0.25, 0.3) is 15.9 Å². The highest BCUT2D eigenvalue weighted by atomic mass is 79.9. The van der Waals surface area contributed by atoms with Crippen molar-refractivity contribution in [2.45, 2.75) is 18.7 Å². The minimum Gasteiger partial charge on any atom is -0.483 e. The molecule has 0 aliphatic rings. The Labute approximate surface area is 184 Å². The highest BCUT2D eigenvalue weighted by Crippen LogP contribution is 2.24. The number of halogens is 1. The van der Waals surface area contributed by atoms with Crippen LogP contribution in [0.4, 0.5) is 11.4 Å². The predicted octanol–water partition coefficient (Wildman–Crippen LogP) is 4.88. The van der Waals surface area contributed by atoms with E-state index >= 15 is 0 Å². The summed E-state index contributed by atoms with van der Waals surface area (Å²) in [6.07, 6.45) is 0. The number of rotatable bonds is 7. The van der Waals surface area contributed by atoms with Crippen LogP contribution in [0.15, 0.2) is 76.1 Å². The average Bonchev–Trinajstić information content (AvgIpc) is 2.70. The quantitative estimate of drug-likeness (QED) is 0.495. The van der Waals surface area contributed by atoms with Gasteiger partial charge in [0.15, 0.2) is 6.61 Å². The monoisotopic (exact) mass is 488 g/mol. The SMILES string of the molecule is Cc1ccc(NS(=O)(=O)c2ccc(OCC(=O)Nc3ccc(Br)cc3)c(C)c2)cc1. The molecule has 2 N–H and O–H groups in total. The number of hydrogen-bond donors (Lipinski definition) is 2. The molecule has 3 aromatic rings. The Morgan fingerprint density at radius 2 is 1.57 bits per heavy atom. The third kappa shape index (κ3) is 5.84. The smallest absolute Gasteiger partial charge is 0.262 e. The molecule has 6 nitrogen and oxygen atoms in total. The van der Waals surface area contributed by atoms with Crippen LogP contribution in [0.2, 0.25) is 0 Å². The zero-order valence-electron chi connectivity index (χ0n) is 16.5. The lowest BCUT2D eigenvalue weighted by Crippen LogP contribution is -2.20. The average molecular weight is 489 g/mol. The minimum atomic E-state index is -3.73. The number of sulfonamides is 1. The van der Waals surface area contributed by atoms with Crippen LogP contribution >= 0.6 is 15.9 Å². The van der Waals surface area contributed by atoms with Crippen molar-refractivity contribution in [1.29, 1.82) is 0 Å². The fourth-order valence-electron chi connectivity index (χ4n) is 2.66. The summed E-state index contributed by atoms with van der Waals surface area (Å²) in [6.45, 7) is 3.47. The first kappa shape index (κ1) is 21.9. The van der Waals surface area contributed by atoms with Crippen molar-refractivity contribution in [1.82, 2.24) is 0 Å². The molecule has 30 heavy (non-hydrogen) atoms. The normalized spacial score (nSPS) is 11.0. The number of ether oxygens (including phenoxy) is 1. The van der Waals surface area contributed by atoms with E-state index in [2.05, 4.69) is 26.0 Å². The highest BCUT2D eigenvalue weighted by molar-refractivity contribution is 9.10. The number of carbonyl (C=O) groups is 1. The molecule has 3 rings (SSSR count). The van der Waals surface area contributed by atoms with E-state index in [1.54, 1.807) is 37.3 Å². The van der Waals surface area contributed by atoms with E-state index < -0.39 is 10.0 Å². The molecule has 3 aromatic carbocycles. The summed E-state index contributed by atoms with van der Waals surface area (Å²) in [5, 5.41) is 2.74. The molecule has 0 unspecified atom stereocenters. The van der Waals surface area contributed by atoms with E-state index in [-0.39, 0.29) is 17.4 Å². The van der Waals surface area contributed by atoms with Crippen LogP contribution in [0.25, 0.3) is 0 Å². The summed E-state index contributed by atoms with van der Waals surface area (Å²) < 4.78 is 34.3. The molecule has 0 bridgehead atoms. The molecular formula is C22H21BrN2O4S.